The molecule has 0 aliphatic rings. The maximum Gasteiger partial charge on any atom is 0.331 e. The van der Waals surface area contributed by atoms with Crippen molar-refractivity contribution in [2.75, 3.05) is 18.2 Å². The lowest BCUT2D eigenvalue weighted by Crippen LogP contribution is -2.20. The lowest BCUT2D eigenvalue weighted by atomic mass is 10.2. The molecular weight excluding hydrogens is 341 g/mol. The second kappa shape index (κ2) is 9.03. The minimum absolute atomic E-state index is 0.0519. The van der Waals surface area contributed by atoms with Gasteiger partial charge in [0, 0.05) is 11.0 Å². The average molecular weight is 359 g/mol. The fourth-order valence-electron chi connectivity index (χ4n) is 1.97. The lowest BCUT2D eigenvalue weighted by Gasteiger charge is -2.07. The third-order valence-corrected chi connectivity index (χ3v) is 4.02. The largest absolute Gasteiger partial charge is 0.452 e. The van der Waals surface area contributed by atoms with Gasteiger partial charge in [0.25, 0.3) is 5.91 Å². The van der Waals surface area contributed by atoms with Gasteiger partial charge in [-0.05, 0) is 54.6 Å². The number of aryl methyl sites for hydroxylation is 1. The van der Waals surface area contributed by atoms with E-state index in [-0.39, 0.29) is 5.69 Å². The Hall–Kier alpha value is -2.60. The highest BCUT2D eigenvalue weighted by Crippen LogP contribution is 2.16. The summed E-state index contributed by atoms with van der Waals surface area (Å²) in [5.74, 6) is -1.78. The van der Waals surface area contributed by atoms with E-state index in [2.05, 4.69) is 5.32 Å². The maximum atomic E-state index is 13.6. The van der Waals surface area contributed by atoms with Crippen molar-refractivity contribution in [2.24, 2.45) is 0 Å². The second-order valence-electron chi connectivity index (χ2n) is 5.25. The normalized spacial score (nSPS) is 10.7. The minimum atomic E-state index is -0.645. The van der Waals surface area contributed by atoms with Gasteiger partial charge in [-0.2, -0.15) is 0 Å². The van der Waals surface area contributed by atoms with Crippen molar-refractivity contribution >= 4 is 35.4 Å². The van der Waals surface area contributed by atoms with E-state index >= 15 is 0 Å². The molecule has 0 aliphatic carbocycles. The highest BCUT2D eigenvalue weighted by Gasteiger charge is 2.09. The van der Waals surface area contributed by atoms with Crippen LogP contribution in [0.4, 0.5) is 10.1 Å². The molecule has 0 bridgehead atoms. The predicted octanol–water partition coefficient (Wildman–Crippen LogP) is 4.05. The van der Waals surface area contributed by atoms with Gasteiger partial charge in [-0.25, -0.2) is 9.18 Å². The molecule has 2 rings (SSSR count). The number of ether oxygens (including phenoxy) is 1. The van der Waals surface area contributed by atoms with E-state index in [1.807, 2.05) is 30.5 Å². The number of benzene rings is 2. The Morgan fingerprint density at radius 2 is 1.92 bits per heavy atom. The van der Waals surface area contributed by atoms with E-state index in [0.29, 0.717) is 0 Å². The van der Waals surface area contributed by atoms with Crippen LogP contribution < -0.4 is 5.32 Å². The van der Waals surface area contributed by atoms with Gasteiger partial charge in [-0.15, -0.1) is 11.8 Å². The summed E-state index contributed by atoms with van der Waals surface area (Å²) < 4.78 is 18.5. The molecule has 25 heavy (non-hydrogen) atoms. The molecule has 0 atom stereocenters. The quantitative estimate of drug-likeness (QED) is 0.480. The summed E-state index contributed by atoms with van der Waals surface area (Å²) in [5, 5.41) is 2.36. The molecule has 1 N–H and O–H groups in total. The van der Waals surface area contributed by atoms with Crippen LogP contribution >= 0.6 is 11.8 Å². The number of halogens is 1. The van der Waals surface area contributed by atoms with E-state index in [1.54, 1.807) is 30.8 Å². The summed E-state index contributed by atoms with van der Waals surface area (Å²) in [6, 6.07) is 12.1. The number of esters is 1. The molecule has 0 aliphatic heterocycles. The number of amides is 1. The molecule has 2 aromatic carbocycles. The summed E-state index contributed by atoms with van der Waals surface area (Å²) in [7, 11) is 0. The molecule has 0 unspecified atom stereocenters. The minimum Gasteiger partial charge on any atom is -0.452 e. The van der Waals surface area contributed by atoms with E-state index < -0.39 is 24.3 Å². The summed E-state index contributed by atoms with van der Waals surface area (Å²) in [5.41, 5.74) is 1.65. The van der Waals surface area contributed by atoms with Gasteiger partial charge in [-0.1, -0.05) is 18.2 Å². The third kappa shape index (κ3) is 6.08. The molecule has 1 amide bonds. The first-order valence-electron chi connectivity index (χ1n) is 7.53. The Labute approximate surface area is 150 Å². The van der Waals surface area contributed by atoms with Crippen molar-refractivity contribution in [2.45, 2.75) is 11.8 Å². The highest BCUT2D eigenvalue weighted by atomic mass is 32.2. The summed E-state index contributed by atoms with van der Waals surface area (Å²) in [4.78, 5) is 24.5. The van der Waals surface area contributed by atoms with Crippen LogP contribution in [-0.2, 0) is 14.3 Å². The number of nitrogens with one attached hydrogen (secondary N) is 1. The molecule has 0 spiro atoms. The molecule has 0 radical (unpaired) electrons. The number of hydrogen-bond donors (Lipinski definition) is 1. The van der Waals surface area contributed by atoms with Crippen LogP contribution in [0.15, 0.2) is 53.4 Å². The van der Waals surface area contributed by atoms with E-state index in [9.17, 15) is 14.0 Å². The van der Waals surface area contributed by atoms with Crippen molar-refractivity contribution in [3.05, 3.63) is 65.5 Å². The predicted molar refractivity (Wildman–Crippen MR) is 98.0 cm³/mol. The van der Waals surface area contributed by atoms with Crippen LogP contribution in [0.1, 0.15) is 11.1 Å². The van der Waals surface area contributed by atoms with Crippen LogP contribution in [0.2, 0.25) is 0 Å². The zero-order valence-corrected chi connectivity index (χ0v) is 14.7. The summed E-state index contributed by atoms with van der Waals surface area (Å²) in [6.07, 6.45) is 4.83. The Morgan fingerprint density at radius 1 is 1.20 bits per heavy atom. The van der Waals surface area contributed by atoms with Crippen molar-refractivity contribution in [1.82, 2.24) is 0 Å². The van der Waals surface area contributed by atoms with E-state index in [4.69, 9.17) is 4.74 Å². The smallest absolute Gasteiger partial charge is 0.331 e. The molecule has 0 aromatic heterocycles. The molecule has 0 heterocycles. The number of anilines is 1. The first-order chi connectivity index (χ1) is 12.0. The van der Waals surface area contributed by atoms with Gasteiger partial charge in [0.15, 0.2) is 6.61 Å². The number of carbonyl (C=O) groups excluding carboxylic acids is 2. The second-order valence-corrected chi connectivity index (χ2v) is 6.13. The number of rotatable bonds is 6. The standard InChI is InChI=1S/C19H18FNO3S/c1-13-3-9-17(16(20)11-13)21-18(22)12-24-19(23)10-6-14-4-7-15(25-2)8-5-14/h3-11H,12H2,1-2H3,(H,21,22)/b10-6+. The van der Waals surface area contributed by atoms with Crippen molar-refractivity contribution < 1.29 is 18.7 Å². The molecule has 0 saturated heterocycles. The van der Waals surface area contributed by atoms with Crippen LogP contribution in [0.5, 0.6) is 0 Å². The third-order valence-electron chi connectivity index (χ3n) is 3.27. The van der Waals surface area contributed by atoms with Crippen molar-refractivity contribution in [3.8, 4) is 0 Å². The van der Waals surface area contributed by atoms with Crippen LogP contribution in [0, 0.1) is 12.7 Å². The Bertz CT molecular complexity index is 788. The van der Waals surface area contributed by atoms with Crippen molar-refractivity contribution in [3.63, 3.8) is 0 Å². The van der Waals surface area contributed by atoms with Crippen molar-refractivity contribution in [1.29, 1.82) is 0 Å². The number of carbonyl (C=O) groups is 2. The van der Waals surface area contributed by atoms with Crippen LogP contribution in [-0.4, -0.2) is 24.7 Å². The van der Waals surface area contributed by atoms with Gasteiger partial charge in [-0.3, -0.25) is 4.79 Å². The Kier molecular flexibility index (Phi) is 6.77. The molecule has 0 saturated carbocycles. The molecule has 4 nitrogen and oxygen atoms in total. The molecule has 130 valence electrons. The first-order valence-corrected chi connectivity index (χ1v) is 8.75. The SMILES string of the molecule is CSc1ccc(/C=C/C(=O)OCC(=O)Nc2ccc(C)cc2F)cc1. The Morgan fingerprint density at radius 3 is 2.56 bits per heavy atom. The average Bonchev–Trinajstić information content (AvgIpc) is 2.61. The first kappa shape index (κ1) is 18.7. The lowest BCUT2D eigenvalue weighted by molar-refractivity contribution is -0.142. The van der Waals surface area contributed by atoms with E-state index in [1.165, 1.54) is 18.2 Å². The van der Waals surface area contributed by atoms with Crippen LogP contribution in [0.25, 0.3) is 6.08 Å². The summed E-state index contributed by atoms with van der Waals surface area (Å²) in [6.45, 7) is 1.26. The molecule has 2 aromatic rings. The number of thioether (sulfide) groups is 1. The van der Waals surface area contributed by atoms with Gasteiger partial charge < -0.3 is 10.1 Å². The van der Waals surface area contributed by atoms with Gasteiger partial charge in [0.2, 0.25) is 0 Å². The molecule has 0 fully saturated rings. The molecular formula is C19H18FNO3S. The van der Waals surface area contributed by atoms with Gasteiger partial charge in [0.05, 0.1) is 5.69 Å². The van der Waals surface area contributed by atoms with Crippen LogP contribution in [0.3, 0.4) is 0 Å². The van der Waals surface area contributed by atoms with Gasteiger partial charge in [0.1, 0.15) is 5.82 Å². The zero-order chi connectivity index (χ0) is 18.2. The Balaban J connectivity index is 1.82. The zero-order valence-electron chi connectivity index (χ0n) is 13.9. The molecule has 6 heteroatoms. The number of hydrogen-bond acceptors (Lipinski definition) is 4. The van der Waals surface area contributed by atoms with E-state index in [0.717, 1.165) is 16.0 Å². The fourth-order valence-corrected chi connectivity index (χ4v) is 2.38. The maximum absolute atomic E-state index is 13.6. The fraction of sp³-hybridized carbons (Fsp3) is 0.158. The highest BCUT2D eigenvalue weighted by molar-refractivity contribution is 7.98. The monoisotopic (exact) mass is 359 g/mol. The van der Waals surface area contributed by atoms with Gasteiger partial charge >= 0.3 is 5.97 Å². The topological polar surface area (TPSA) is 55.4 Å². The summed E-state index contributed by atoms with van der Waals surface area (Å²) >= 11 is 1.63.